The largest absolute Gasteiger partial charge is 0.455 e. The zero-order valence-corrected chi connectivity index (χ0v) is 16.3. The van der Waals surface area contributed by atoms with Crippen LogP contribution >= 0.6 is 0 Å². The fourth-order valence-corrected chi connectivity index (χ4v) is 3.62. The molecule has 29 heavy (non-hydrogen) atoms. The zero-order chi connectivity index (χ0) is 20.7. The van der Waals surface area contributed by atoms with Gasteiger partial charge in [-0.15, -0.1) is 0 Å². The Kier molecular flexibility index (Phi) is 4.66. The Bertz CT molecular complexity index is 1240. The number of benzene rings is 3. The number of furan rings is 1. The minimum atomic E-state index is -0.523. The van der Waals surface area contributed by atoms with Crippen molar-refractivity contribution in [2.45, 2.75) is 13.8 Å². The van der Waals surface area contributed by atoms with Crippen LogP contribution in [0.25, 0.3) is 33.4 Å². The average molecular weight is 391 g/mol. The Morgan fingerprint density at radius 3 is 2.28 bits per heavy atom. The Morgan fingerprint density at radius 1 is 0.931 bits per heavy atom. The molecule has 0 unspecified atom stereocenters. The molecule has 0 bridgehead atoms. The number of carbonyl (C=O) groups excluding carboxylic acids is 1. The van der Waals surface area contributed by atoms with Crippen molar-refractivity contribution in [3.8, 4) is 22.5 Å². The minimum Gasteiger partial charge on any atom is -0.455 e. The van der Waals surface area contributed by atoms with Crippen molar-refractivity contribution >= 4 is 16.9 Å². The lowest BCUT2D eigenvalue weighted by Gasteiger charge is -2.09. The minimum absolute atomic E-state index is 0.0956. The summed E-state index contributed by atoms with van der Waals surface area (Å²) in [4.78, 5) is 12.6. The van der Waals surface area contributed by atoms with Gasteiger partial charge in [0, 0.05) is 18.2 Å². The van der Waals surface area contributed by atoms with Gasteiger partial charge in [0.05, 0.1) is 10.9 Å². The highest BCUT2D eigenvalue weighted by Crippen LogP contribution is 2.39. The number of halogens is 2. The molecule has 0 atom stereocenters. The molecule has 1 N–H and O–H groups in total. The topological polar surface area (TPSA) is 42.2 Å². The molecule has 5 heteroatoms. The van der Waals surface area contributed by atoms with E-state index in [1.54, 1.807) is 12.1 Å². The zero-order valence-electron chi connectivity index (χ0n) is 16.3. The lowest BCUT2D eigenvalue weighted by molar-refractivity contribution is 0.0964. The van der Waals surface area contributed by atoms with Crippen LogP contribution in [0.15, 0.2) is 59.0 Å². The van der Waals surface area contributed by atoms with Crippen molar-refractivity contribution in [1.82, 2.24) is 5.32 Å². The van der Waals surface area contributed by atoms with Gasteiger partial charge in [-0.25, -0.2) is 8.78 Å². The van der Waals surface area contributed by atoms with Crippen LogP contribution in [0, 0.1) is 25.5 Å². The van der Waals surface area contributed by atoms with Gasteiger partial charge in [-0.2, -0.15) is 0 Å². The van der Waals surface area contributed by atoms with E-state index in [2.05, 4.69) is 5.32 Å². The smallest absolute Gasteiger partial charge is 0.255 e. The first-order valence-corrected chi connectivity index (χ1v) is 9.21. The normalized spacial score (nSPS) is 11.1. The first-order chi connectivity index (χ1) is 13.9. The summed E-state index contributed by atoms with van der Waals surface area (Å²) in [6, 6.07) is 14.6. The van der Waals surface area contributed by atoms with Gasteiger partial charge in [0.2, 0.25) is 0 Å². The summed E-state index contributed by atoms with van der Waals surface area (Å²) >= 11 is 0. The van der Waals surface area contributed by atoms with E-state index in [-0.39, 0.29) is 22.3 Å². The van der Waals surface area contributed by atoms with Gasteiger partial charge in [0.25, 0.3) is 5.91 Å². The molecule has 1 amide bonds. The quantitative estimate of drug-likeness (QED) is 0.464. The third-order valence-electron chi connectivity index (χ3n) is 5.03. The molecular formula is C24H19F2NO2. The van der Waals surface area contributed by atoms with E-state index in [0.29, 0.717) is 11.1 Å². The van der Waals surface area contributed by atoms with E-state index < -0.39 is 17.5 Å². The molecule has 3 nitrogen and oxygen atoms in total. The molecule has 1 aromatic heterocycles. The lowest BCUT2D eigenvalue weighted by atomic mass is 9.95. The number of fused-ring (bicyclic) bond motifs is 1. The fraction of sp³-hybridized carbons (Fsp3) is 0.125. The number of amides is 1. The first-order valence-electron chi connectivity index (χ1n) is 9.21. The van der Waals surface area contributed by atoms with Crippen LogP contribution in [0.2, 0.25) is 0 Å². The second-order valence-corrected chi connectivity index (χ2v) is 7.01. The molecule has 0 aliphatic carbocycles. The van der Waals surface area contributed by atoms with Crippen LogP contribution in [0.1, 0.15) is 21.5 Å². The van der Waals surface area contributed by atoms with E-state index in [1.165, 1.54) is 31.3 Å². The highest BCUT2D eigenvalue weighted by atomic mass is 19.1. The molecule has 4 rings (SSSR count). The summed E-state index contributed by atoms with van der Waals surface area (Å²) in [6.07, 6.45) is 0. The summed E-state index contributed by atoms with van der Waals surface area (Å²) in [5, 5.41) is 2.66. The van der Waals surface area contributed by atoms with Crippen molar-refractivity contribution in [2.75, 3.05) is 7.05 Å². The fourth-order valence-electron chi connectivity index (χ4n) is 3.62. The molecule has 0 aliphatic rings. The molecular weight excluding hydrogens is 372 g/mol. The maximum Gasteiger partial charge on any atom is 0.255 e. The number of hydrogen-bond acceptors (Lipinski definition) is 2. The van der Waals surface area contributed by atoms with Crippen molar-refractivity contribution in [3.63, 3.8) is 0 Å². The standard InChI is InChI=1S/C24H19F2NO2/c1-13-4-9-17(14(2)12-13)18-10-11-19-20(22(18)26)21(24(28)27-3)23(29-19)15-5-7-16(25)8-6-15/h4-12H,1-3H3,(H,27,28). The van der Waals surface area contributed by atoms with Gasteiger partial charge < -0.3 is 9.73 Å². The second-order valence-electron chi connectivity index (χ2n) is 7.01. The lowest BCUT2D eigenvalue weighted by Crippen LogP contribution is -2.18. The van der Waals surface area contributed by atoms with Gasteiger partial charge >= 0.3 is 0 Å². The van der Waals surface area contributed by atoms with E-state index in [0.717, 1.165) is 16.7 Å². The van der Waals surface area contributed by atoms with E-state index >= 15 is 4.39 Å². The third-order valence-corrected chi connectivity index (χ3v) is 5.03. The Hall–Kier alpha value is -3.47. The van der Waals surface area contributed by atoms with Crippen molar-refractivity contribution in [3.05, 3.63) is 82.9 Å². The van der Waals surface area contributed by atoms with E-state index in [4.69, 9.17) is 4.42 Å². The monoisotopic (exact) mass is 391 g/mol. The molecule has 3 aromatic carbocycles. The summed E-state index contributed by atoms with van der Waals surface area (Å²) in [5.74, 6) is -1.20. The maximum atomic E-state index is 15.7. The molecule has 0 aliphatic heterocycles. The summed E-state index contributed by atoms with van der Waals surface area (Å²) in [5.41, 5.74) is 4.02. The maximum absolute atomic E-state index is 15.7. The van der Waals surface area contributed by atoms with Gasteiger partial charge in [0.15, 0.2) is 0 Å². The van der Waals surface area contributed by atoms with E-state index in [1.807, 2.05) is 32.0 Å². The van der Waals surface area contributed by atoms with Crippen molar-refractivity contribution < 1.29 is 18.0 Å². The molecule has 0 saturated heterocycles. The van der Waals surface area contributed by atoms with Crippen LogP contribution < -0.4 is 5.32 Å². The number of carbonyl (C=O) groups is 1. The Balaban J connectivity index is 2.02. The van der Waals surface area contributed by atoms with E-state index in [9.17, 15) is 9.18 Å². The first kappa shape index (κ1) is 18.9. The van der Waals surface area contributed by atoms with Crippen LogP contribution in [-0.2, 0) is 0 Å². The summed E-state index contributed by atoms with van der Waals surface area (Å²) in [6.45, 7) is 3.90. The molecule has 0 fully saturated rings. The molecule has 0 spiro atoms. The molecule has 4 aromatic rings. The number of aryl methyl sites for hydroxylation is 2. The summed E-state index contributed by atoms with van der Waals surface area (Å²) in [7, 11) is 1.47. The molecule has 0 radical (unpaired) electrons. The highest BCUT2D eigenvalue weighted by molar-refractivity contribution is 6.12. The van der Waals surface area contributed by atoms with Gasteiger partial charge in [0.1, 0.15) is 23.0 Å². The molecule has 146 valence electrons. The van der Waals surface area contributed by atoms with Crippen LogP contribution in [0.5, 0.6) is 0 Å². The van der Waals surface area contributed by atoms with Crippen molar-refractivity contribution in [2.24, 2.45) is 0 Å². The SMILES string of the molecule is CNC(=O)c1c(-c2ccc(F)cc2)oc2ccc(-c3ccc(C)cc3C)c(F)c12. The Labute approximate surface area is 167 Å². The number of nitrogens with one attached hydrogen (secondary N) is 1. The predicted octanol–water partition coefficient (Wildman–Crippen LogP) is 6.02. The second kappa shape index (κ2) is 7.17. The number of rotatable bonds is 3. The Morgan fingerprint density at radius 2 is 1.62 bits per heavy atom. The summed E-state index contributed by atoms with van der Waals surface area (Å²) < 4.78 is 34.9. The molecule has 1 heterocycles. The van der Waals surface area contributed by atoms with Crippen molar-refractivity contribution in [1.29, 1.82) is 0 Å². The van der Waals surface area contributed by atoms with Gasteiger partial charge in [-0.05, 0) is 61.4 Å². The van der Waals surface area contributed by atoms with Gasteiger partial charge in [-0.1, -0.05) is 23.8 Å². The molecule has 0 saturated carbocycles. The van der Waals surface area contributed by atoms with Crippen LogP contribution in [-0.4, -0.2) is 13.0 Å². The van der Waals surface area contributed by atoms with Crippen LogP contribution in [0.4, 0.5) is 8.78 Å². The number of hydrogen-bond donors (Lipinski definition) is 1. The van der Waals surface area contributed by atoms with Crippen LogP contribution in [0.3, 0.4) is 0 Å². The third kappa shape index (κ3) is 3.18. The average Bonchev–Trinajstić information content (AvgIpc) is 3.09. The predicted molar refractivity (Wildman–Crippen MR) is 110 cm³/mol. The van der Waals surface area contributed by atoms with Gasteiger partial charge in [-0.3, -0.25) is 4.79 Å². The highest BCUT2D eigenvalue weighted by Gasteiger charge is 2.26.